The summed E-state index contributed by atoms with van der Waals surface area (Å²) in [5.41, 5.74) is 8.83. The Kier molecular flexibility index (Phi) is 6.98. The summed E-state index contributed by atoms with van der Waals surface area (Å²) in [6, 6.07) is 18.0. The first-order chi connectivity index (χ1) is 18.6. The van der Waals surface area contributed by atoms with Gasteiger partial charge < -0.3 is 20.5 Å². The van der Waals surface area contributed by atoms with E-state index in [4.69, 9.17) is 20.4 Å². The fraction of sp³-hybridized carbons (Fsp3) is 0.333. The third kappa shape index (κ3) is 5.86. The lowest BCUT2D eigenvalue weighted by molar-refractivity contribution is 0.0283. The van der Waals surface area contributed by atoms with Crippen molar-refractivity contribution < 1.29 is 9.84 Å². The smallest absolute Gasteiger partial charge is 0.138 e. The van der Waals surface area contributed by atoms with E-state index in [-0.39, 0.29) is 12.1 Å². The summed E-state index contributed by atoms with van der Waals surface area (Å²) in [5.74, 6) is 2.01. The molecule has 0 amide bonds. The first-order valence-corrected chi connectivity index (χ1v) is 13.0. The molecule has 1 aromatic carbocycles. The Balaban J connectivity index is 1.35. The Hall–Kier alpha value is -4.42. The Labute approximate surface area is 228 Å². The van der Waals surface area contributed by atoms with Crippen LogP contribution < -0.4 is 15.4 Å². The van der Waals surface area contributed by atoms with Gasteiger partial charge in [0.05, 0.1) is 34.6 Å². The second kappa shape index (κ2) is 10.4. The molecular weight excluding hydrogens is 490 g/mol. The SMILES string of the molecule is CC(C)(O)COc1cc(-c2ccc(N3CCC(C)(N=C(N)c4ccccc4)CC3)nc2)c2c(C#N)cnn2c1. The number of amidine groups is 1. The van der Waals surface area contributed by atoms with Crippen molar-refractivity contribution in [1.29, 1.82) is 5.26 Å². The number of benzene rings is 1. The summed E-state index contributed by atoms with van der Waals surface area (Å²) in [6.45, 7) is 7.29. The summed E-state index contributed by atoms with van der Waals surface area (Å²) in [6.07, 6.45) is 6.81. The standard InChI is InChI=1S/C30H33N7O2/c1-29(2,38)20-39-24-15-25(27-23(16-31)18-34-37(27)19-24)22-9-10-26(33-17-22)36-13-11-30(3,12-14-36)35-28(32)21-7-5-4-6-8-21/h4-10,15,17-19,38H,11-14,20H2,1-3H3,(H2,32,35). The van der Waals surface area contributed by atoms with Crippen LogP contribution in [0.4, 0.5) is 5.82 Å². The van der Waals surface area contributed by atoms with E-state index < -0.39 is 5.60 Å². The van der Waals surface area contributed by atoms with Crippen LogP contribution in [0.2, 0.25) is 0 Å². The number of hydrogen-bond donors (Lipinski definition) is 2. The van der Waals surface area contributed by atoms with Gasteiger partial charge in [-0.1, -0.05) is 30.3 Å². The van der Waals surface area contributed by atoms with Gasteiger partial charge >= 0.3 is 0 Å². The summed E-state index contributed by atoms with van der Waals surface area (Å²) < 4.78 is 7.47. The largest absolute Gasteiger partial charge is 0.489 e. The van der Waals surface area contributed by atoms with Gasteiger partial charge in [0.1, 0.15) is 30.1 Å². The zero-order valence-corrected chi connectivity index (χ0v) is 22.5. The van der Waals surface area contributed by atoms with Crippen LogP contribution >= 0.6 is 0 Å². The summed E-state index contributed by atoms with van der Waals surface area (Å²) in [5, 5.41) is 24.1. The molecule has 39 heavy (non-hydrogen) atoms. The van der Waals surface area contributed by atoms with Gasteiger partial charge in [-0.3, -0.25) is 4.99 Å². The van der Waals surface area contributed by atoms with Crippen molar-refractivity contribution >= 4 is 17.2 Å². The average Bonchev–Trinajstić information content (AvgIpc) is 3.35. The normalized spacial score (nSPS) is 15.8. The van der Waals surface area contributed by atoms with E-state index in [9.17, 15) is 10.4 Å². The molecule has 4 heterocycles. The van der Waals surface area contributed by atoms with Crippen LogP contribution in [-0.2, 0) is 0 Å². The minimum absolute atomic E-state index is 0.121. The van der Waals surface area contributed by atoms with Crippen LogP contribution in [0.15, 0.2) is 72.1 Å². The third-order valence-corrected chi connectivity index (χ3v) is 6.98. The van der Waals surface area contributed by atoms with Crippen molar-refractivity contribution in [3.63, 3.8) is 0 Å². The van der Waals surface area contributed by atoms with Gasteiger partial charge in [0.15, 0.2) is 0 Å². The molecule has 9 heteroatoms. The van der Waals surface area contributed by atoms with Crippen molar-refractivity contribution in [1.82, 2.24) is 14.6 Å². The minimum atomic E-state index is -0.983. The quantitative estimate of drug-likeness (QED) is 0.275. The Morgan fingerprint density at radius 1 is 1.18 bits per heavy atom. The van der Waals surface area contributed by atoms with E-state index in [1.807, 2.05) is 54.7 Å². The molecule has 4 aromatic rings. The van der Waals surface area contributed by atoms with Crippen molar-refractivity contribution in [2.45, 2.75) is 44.8 Å². The third-order valence-electron chi connectivity index (χ3n) is 6.98. The molecule has 0 radical (unpaired) electrons. The average molecular weight is 524 g/mol. The highest BCUT2D eigenvalue weighted by Gasteiger charge is 2.30. The molecular formula is C30H33N7O2. The van der Waals surface area contributed by atoms with E-state index in [0.717, 1.165) is 48.4 Å². The molecule has 0 unspecified atom stereocenters. The maximum atomic E-state index is 10.1. The molecule has 0 saturated carbocycles. The highest BCUT2D eigenvalue weighted by Crippen LogP contribution is 2.33. The lowest BCUT2D eigenvalue weighted by Gasteiger charge is -2.37. The van der Waals surface area contributed by atoms with Crippen molar-refractivity contribution in [2.75, 3.05) is 24.6 Å². The van der Waals surface area contributed by atoms with Crippen LogP contribution in [0, 0.1) is 11.3 Å². The monoisotopic (exact) mass is 523 g/mol. The molecule has 3 aromatic heterocycles. The lowest BCUT2D eigenvalue weighted by Crippen LogP contribution is -2.43. The predicted molar refractivity (Wildman–Crippen MR) is 152 cm³/mol. The Morgan fingerprint density at radius 3 is 2.56 bits per heavy atom. The van der Waals surface area contributed by atoms with Gasteiger partial charge in [0, 0.05) is 36.0 Å². The first kappa shape index (κ1) is 26.2. The molecule has 9 nitrogen and oxygen atoms in total. The van der Waals surface area contributed by atoms with Gasteiger partial charge in [-0.15, -0.1) is 0 Å². The number of nitrogens with zero attached hydrogens (tertiary/aromatic N) is 6. The molecule has 200 valence electrons. The molecule has 5 rings (SSSR count). The number of pyridine rings is 2. The summed E-state index contributed by atoms with van der Waals surface area (Å²) >= 11 is 0. The topological polar surface area (TPSA) is 125 Å². The van der Waals surface area contributed by atoms with Crippen LogP contribution in [-0.4, -0.2) is 56.4 Å². The van der Waals surface area contributed by atoms with Crippen LogP contribution in [0.3, 0.4) is 0 Å². The van der Waals surface area contributed by atoms with Gasteiger partial charge in [-0.25, -0.2) is 9.50 Å². The minimum Gasteiger partial charge on any atom is -0.489 e. The van der Waals surface area contributed by atoms with Crippen LogP contribution in [0.1, 0.15) is 44.7 Å². The molecule has 1 aliphatic rings. The van der Waals surface area contributed by atoms with E-state index in [1.165, 1.54) is 6.20 Å². The molecule has 3 N–H and O–H groups in total. The number of ether oxygens (including phenoxy) is 1. The van der Waals surface area contributed by atoms with E-state index >= 15 is 0 Å². The van der Waals surface area contributed by atoms with Gasteiger partial charge in [0.25, 0.3) is 0 Å². The van der Waals surface area contributed by atoms with Crippen molar-refractivity contribution in [3.05, 3.63) is 78.2 Å². The molecule has 1 saturated heterocycles. The maximum Gasteiger partial charge on any atom is 0.138 e. The number of fused-ring (bicyclic) bond motifs is 1. The number of nitriles is 1. The van der Waals surface area contributed by atoms with Gasteiger partial charge in [-0.2, -0.15) is 10.4 Å². The second-order valence-electron chi connectivity index (χ2n) is 10.9. The van der Waals surface area contributed by atoms with E-state index in [0.29, 0.717) is 22.7 Å². The van der Waals surface area contributed by atoms with Crippen LogP contribution in [0.25, 0.3) is 16.6 Å². The zero-order valence-electron chi connectivity index (χ0n) is 22.5. The number of aromatic nitrogens is 3. The summed E-state index contributed by atoms with van der Waals surface area (Å²) in [7, 11) is 0. The predicted octanol–water partition coefficient (Wildman–Crippen LogP) is 4.18. The fourth-order valence-corrected chi connectivity index (χ4v) is 4.76. The maximum absolute atomic E-state index is 10.1. The first-order valence-electron chi connectivity index (χ1n) is 13.0. The van der Waals surface area contributed by atoms with Crippen molar-refractivity contribution in [3.8, 4) is 22.9 Å². The molecule has 0 aliphatic carbocycles. The molecule has 1 aliphatic heterocycles. The molecule has 0 spiro atoms. The molecule has 1 fully saturated rings. The Morgan fingerprint density at radius 2 is 1.92 bits per heavy atom. The number of hydrogen-bond acceptors (Lipinski definition) is 7. The zero-order chi connectivity index (χ0) is 27.6. The number of rotatable bonds is 7. The molecule has 0 atom stereocenters. The van der Waals surface area contributed by atoms with Gasteiger partial charge in [0.2, 0.25) is 0 Å². The van der Waals surface area contributed by atoms with Gasteiger partial charge in [-0.05, 0) is 51.8 Å². The number of nitrogens with two attached hydrogens (primary N) is 1. The highest BCUT2D eigenvalue weighted by atomic mass is 16.5. The van der Waals surface area contributed by atoms with E-state index in [1.54, 1.807) is 24.6 Å². The lowest BCUT2D eigenvalue weighted by atomic mass is 9.90. The number of anilines is 1. The summed E-state index contributed by atoms with van der Waals surface area (Å²) in [4.78, 5) is 11.9. The van der Waals surface area contributed by atoms with E-state index in [2.05, 4.69) is 23.0 Å². The number of aliphatic imine (C=N–C) groups is 1. The van der Waals surface area contributed by atoms with Crippen LogP contribution in [0.5, 0.6) is 5.75 Å². The number of aliphatic hydroxyl groups is 1. The fourth-order valence-electron chi connectivity index (χ4n) is 4.76. The second-order valence-corrected chi connectivity index (χ2v) is 10.9. The Bertz CT molecular complexity index is 1520. The number of piperidine rings is 1. The van der Waals surface area contributed by atoms with Crippen molar-refractivity contribution in [2.24, 2.45) is 10.7 Å². The highest BCUT2D eigenvalue weighted by molar-refractivity contribution is 5.97. The molecule has 0 bridgehead atoms.